The Bertz CT molecular complexity index is 538. The topological polar surface area (TPSA) is 59.4 Å². The van der Waals surface area contributed by atoms with Crippen LogP contribution in [0.3, 0.4) is 0 Å². The van der Waals surface area contributed by atoms with Crippen LogP contribution in [0, 0.1) is 11.3 Å². The Morgan fingerprint density at radius 3 is 2.84 bits per heavy atom. The standard InChI is InChI=1S/C15H19NO3/c1-15(2)10-4-5-11(17)8-6-16-7-9(14(18)19-3)12(8)13(10)15/h6-7,10-11,13,17H,4-5H2,1-3H3/t10-,11?,13-/m1/s1. The fraction of sp³-hybridized carbons (Fsp3) is 0.600. The van der Waals surface area contributed by atoms with Gasteiger partial charge in [-0.2, -0.15) is 0 Å². The summed E-state index contributed by atoms with van der Waals surface area (Å²) in [6.07, 6.45) is 4.48. The van der Waals surface area contributed by atoms with Gasteiger partial charge in [-0.25, -0.2) is 4.79 Å². The molecule has 102 valence electrons. The highest BCUT2D eigenvalue weighted by Gasteiger charge is 2.60. The van der Waals surface area contributed by atoms with Crippen molar-refractivity contribution in [1.29, 1.82) is 0 Å². The van der Waals surface area contributed by atoms with Crippen molar-refractivity contribution in [1.82, 2.24) is 4.98 Å². The van der Waals surface area contributed by atoms with Gasteiger partial charge in [-0.1, -0.05) is 13.8 Å². The number of rotatable bonds is 1. The summed E-state index contributed by atoms with van der Waals surface area (Å²) in [5, 5.41) is 10.2. The maximum atomic E-state index is 11.9. The highest BCUT2D eigenvalue weighted by Crippen LogP contribution is 2.69. The van der Waals surface area contributed by atoms with Gasteiger partial charge in [0.15, 0.2) is 0 Å². The number of carbonyl (C=O) groups excluding carboxylic acids is 1. The number of carbonyl (C=O) groups is 1. The van der Waals surface area contributed by atoms with Gasteiger partial charge in [-0.05, 0) is 35.7 Å². The summed E-state index contributed by atoms with van der Waals surface area (Å²) in [6, 6.07) is 0. The minimum atomic E-state index is -0.518. The Morgan fingerprint density at radius 2 is 2.16 bits per heavy atom. The number of fused-ring (bicyclic) bond motifs is 3. The predicted octanol–water partition coefficient (Wildman–Crippen LogP) is 2.44. The van der Waals surface area contributed by atoms with Crippen LogP contribution in [0.1, 0.15) is 60.2 Å². The highest BCUT2D eigenvalue weighted by atomic mass is 16.5. The minimum absolute atomic E-state index is 0.193. The van der Waals surface area contributed by atoms with Crippen molar-refractivity contribution in [2.45, 2.75) is 38.7 Å². The fourth-order valence-corrected chi connectivity index (χ4v) is 3.72. The first-order valence-corrected chi connectivity index (χ1v) is 6.72. The second-order valence-electron chi connectivity index (χ2n) is 6.18. The van der Waals surface area contributed by atoms with Gasteiger partial charge in [0, 0.05) is 18.0 Å². The Labute approximate surface area is 112 Å². The maximum Gasteiger partial charge on any atom is 0.339 e. The van der Waals surface area contributed by atoms with E-state index < -0.39 is 6.10 Å². The van der Waals surface area contributed by atoms with Crippen molar-refractivity contribution in [3.63, 3.8) is 0 Å². The number of nitrogens with zero attached hydrogens (tertiary/aromatic N) is 1. The van der Waals surface area contributed by atoms with Crippen LogP contribution in [0.25, 0.3) is 0 Å². The van der Waals surface area contributed by atoms with Gasteiger partial charge in [0.2, 0.25) is 0 Å². The molecule has 2 aliphatic rings. The third kappa shape index (κ3) is 1.70. The zero-order chi connectivity index (χ0) is 13.8. The van der Waals surface area contributed by atoms with E-state index in [0.29, 0.717) is 17.4 Å². The summed E-state index contributed by atoms with van der Waals surface area (Å²) >= 11 is 0. The third-order valence-electron chi connectivity index (χ3n) is 4.90. The first-order chi connectivity index (χ1) is 8.98. The summed E-state index contributed by atoms with van der Waals surface area (Å²) < 4.78 is 4.85. The number of pyridine rings is 1. The summed E-state index contributed by atoms with van der Waals surface area (Å²) in [4.78, 5) is 16.0. The molecule has 4 nitrogen and oxygen atoms in total. The smallest absolute Gasteiger partial charge is 0.339 e. The lowest BCUT2D eigenvalue weighted by Crippen LogP contribution is -2.12. The molecule has 1 aromatic heterocycles. The molecule has 0 spiro atoms. The van der Waals surface area contributed by atoms with E-state index >= 15 is 0 Å². The van der Waals surface area contributed by atoms with Gasteiger partial charge < -0.3 is 9.84 Å². The van der Waals surface area contributed by atoms with Crippen LogP contribution < -0.4 is 0 Å². The molecule has 1 unspecified atom stereocenters. The minimum Gasteiger partial charge on any atom is -0.465 e. The number of aliphatic hydroxyl groups is 1. The zero-order valence-electron chi connectivity index (χ0n) is 11.5. The van der Waals surface area contributed by atoms with Crippen molar-refractivity contribution >= 4 is 5.97 Å². The molecule has 0 saturated heterocycles. The average molecular weight is 261 g/mol. The monoisotopic (exact) mass is 261 g/mol. The van der Waals surface area contributed by atoms with Gasteiger partial charge in [0.25, 0.3) is 0 Å². The fourth-order valence-electron chi connectivity index (χ4n) is 3.72. The second kappa shape index (κ2) is 4.04. The number of esters is 1. The number of aromatic nitrogens is 1. The SMILES string of the molecule is COC(=O)c1cncc2c1[C@H]1[C@@H](CCC2O)C1(C)C. The van der Waals surface area contributed by atoms with Crippen LogP contribution in [0.4, 0.5) is 0 Å². The molecule has 2 aliphatic carbocycles. The number of hydrogen-bond acceptors (Lipinski definition) is 4. The van der Waals surface area contributed by atoms with Crippen molar-refractivity contribution in [3.8, 4) is 0 Å². The van der Waals surface area contributed by atoms with Crippen LogP contribution in [-0.2, 0) is 4.74 Å². The molecular weight excluding hydrogens is 242 g/mol. The van der Waals surface area contributed by atoms with E-state index in [9.17, 15) is 9.90 Å². The lowest BCUT2D eigenvalue weighted by atomic mass is 9.92. The van der Waals surface area contributed by atoms with Gasteiger partial charge in [0.05, 0.1) is 18.8 Å². The van der Waals surface area contributed by atoms with Crippen LogP contribution in [-0.4, -0.2) is 23.2 Å². The van der Waals surface area contributed by atoms with Gasteiger partial charge >= 0.3 is 5.97 Å². The van der Waals surface area contributed by atoms with Crippen molar-refractivity contribution in [2.75, 3.05) is 7.11 Å². The molecule has 1 heterocycles. The average Bonchev–Trinajstić information content (AvgIpc) is 2.99. The van der Waals surface area contributed by atoms with E-state index in [1.807, 2.05) is 0 Å². The summed E-state index contributed by atoms with van der Waals surface area (Å²) in [5.74, 6) is 0.505. The van der Waals surface area contributed by atoms with E-state index in [4.69, 9.17) is 4.74 Å². The predicted molar refractivity (Wildman–Crippen MR) is 69.8 cm³/mol. The molecule has 3 atom stereocenters. The molecular formula is C15H19NO3. The largest absolute Gasteiger partial charge is 0.465 e. The molecule has 0 amide bonds. The number of aliphatic hydroxyl groups excluding tert-OH is 1. The van der Waals surface area contributed by atoms with E-state index in [2.05, 4.69) is 18.8 Å². The van der Waals surface area contributed by atoms with E-state index in [1.165, 1.54) is 7.11 Å². The Balaban J connectivity index is 2.18. The maximum absolute atomic E-state index is 11.9. The summed E-state index contributed by atoms with van der Waals surface area (Å²) in [6.45, 7) is 4.45. The molecule has 1 saturated carbocycles. The molecule has 0 bridgehead atoms. The lowest BCUT2D eigenvalue weighted by Gasteiger charge is -2.17. The number of ether oxygens (including phenoxy) is 1. The van der Waals surface area contributed by atoms with E-state index in [0.717, 1.165) is 24.0 Å². The van der Waals surface area contributed by atoms with E-state index in [-0.39, 0.29) is 11.4 Å². The first kappa shape index (κ1) is 12.6. The Hall–Kier alpha value is -1.42. The van der Waals surface area contributed by atoms with Gasteiger partial charge in [-0.3, -0.25) is 4.98 Å². The summed E-state index contributed by atoms with van der Waals surface area (Å²) in [5.41, 5.74) is 2.48. The molecule has 0 aromatic carbocycles. The third-order valence-corrected chi connectivity index (χ3v) is 4.90. The quantitative estimate of drug-likeness (QED) is 0.789. The van der Waals surface area contributed by atoms with Crippen LogP contribution in [0.2, 0.25) is 0 Å². The van der Waals surface area contributed by atoms with Crippen LogP contribution in [0.5, 0.6) is 0 Å². The molecule has 1 N–H and O–H groups in total. The highest BCUT2D eigenvalue weighted by molar-refractivity contribution is 5.91. The zero-order valence-corrected chi connectivity index (χ0v) is 11.5. The molecule has 1 fully saturated rings. The first-order valence-electron chi connectivity index (χ1n) is 6.72. The molecule has 0 aliphatic heterocycles. The molecule has 1 aromatic rings. The Kier molecular flexibility index (Phi) is 2.68. The normalized spacial score (nSPS) is 30.8. The molecule has 4 heteroatoms. The van der Waals surface area contributed by atoms with Crippen LogP contribution in [0.15, 0.2) is 12.4 Å². The molecule has 3 rings (SSSR count). The Morgan fingerprint density at radius 1 is 1.42 bits per heavy atom. The number of methoxy groups -OCH3 is 1. The molecule has 19 heavy (non-hydrogen) atoms. The van der Waals surface area contributed by atoms with Crippen molar-refractivity contribution in [2.24, 2.45) is 11.3 Å². The van der Waals surface area contributed by atoms with Crippen molar-refractivity contribution < 1.29 is 14.6 Å². The van der Waals surface area contributed by atoms with E-state index in [1.54, 1.807) is 12.4 Å². The van der Waals surface area contributed by atoms with Gasteiger partial charge in [0.1, 0.15) is 0 Å². The van der Waals surface area contributed by atoms with Gasteiger partial charge in [-0.15, -0.1) is 0 Å². The number of hydrogen-bond donors (Lipinski definition) is 1. The summed E-state index contributed by atoms with van der Waals surface area (Å²) in [7, 11) is 1.38. The second-order valence-corrected chi connectivity index (χ2v) is 6.18. The van der Waals surface area contributed by atoms with Crippen molar-refractivity contribution in [3.05, 3.63) is 29.1 Å². The lowest BCUT2D eigenvalue weighted by molar-refractivity contribution is 0.0598. The molecule has 0 radical (unpaired) electrons. The van der Waals surface area contributed by atoms with Crippen LogP contribution >= 0.6 is 0 Å².